The smallest absolute Gasteiger partial charge is 0.245 e. The average Bonchev–Trinajstić information content (AvgIpc) is 2.77. The molecule has 2 rings (SSSR count). The highest BCUT2D eigenvalue weighted by atomic mass is 79.9. The maximum atomic E-state index is 12.5. The summed E-state index contributed by atoms with van der Waals surface area (Å²) in [4.78, 5) is 0.0294. The van der Waals surface area contributed by atoms with Crippen molar-refractivity contribution < 1.29 is 8.42 Å². The predicted octanol–water partition coefficient (Wildman–Crippen LogP) is 3.57. The van der Waals surface area contributed by atoms with Gasteiger partial charge in [-0.2, -0.15) is 4.31 Å². The molecule has 108 valence electrons. The first-order chi connectivity index (χ1) is 9.30. The molecule has 0 amide bonds. The molecule has 0 saturated heterocycles. The van der Waals surface area contributed by atoms with Crippen LogP contribution in [0.15, 0.2) is 38.3 Å². The summed E-state index contributed by atoms with van der Waals surface area (Å²) >= 11 is 10.7. The highest BCUT2D eigenvalue weighted by Crippen LogP contribution is 2.27. The van der Waals surface area contributed by atoms with E-state index in [1.165, 1.54) is 34.8 Å². The van der Waals surface area contributed by atoms with Crippen molar-refractivity contribution in [3.8, 4) is 0 Å². The van der Waals surface area contributed by atoms with Crippen LogP contribution in [-0.4, -0.2) is 19.8 Å². The summed E-state index contributed by atoms with van der Waals surface area (Å²) in [5, 5.41) is 2.24. The number of sulfonamides is 1. The lowest BCUT2D eigenvalue weighted by molar-refractivity contribution is 0.467. The van der Waals surface area contributed by atoms with Crippen LogP contribution in [0, 0.1) is 0 Å². The molecule has 2 N–H and O–H groups in total. The Morgan fingerprint density at radius 1 is 1.40 bits per heavy atom. The molecular formula is C12H12BrClN2O2S2. The summed E-state index contributed by atoms with van der Waals surface area (Å²) in [6, 6.07) is 6.31. The number of benzene rings is 1. The molecule has 1 aromatic heterocycles. The van der Waals surface area contributed by atoms with Gasteiger partial charge in [-0.15, -0.1) is 11.3 Å². The lowest BCUT2D eigenvalue weighted by Gasteiger charge is -2.18. The third-order valence-corrected chi connectivity index (χ3v) is 6.34. The molecule has 0 fully saturated rings. The summed E-state index contributed by atoms with van der Waals surface area (Å²) < 4.78 is 27.2. The fraction of sp³-hybridized carbons (Fsp3) is 0.167. The summed E-state index contributed by atoms with van der Waals surface area (Å²) in [5.74, 6) is 0. The van der Waals surface area contributed by atoms with Crippen LogP contribution in [0.1, 0.15) is 5.56 Å². The van der Waals surface area contributed by atoms with Crippen LogP contribution in [0.25, 0.3) is 0 Å². The van der Waals surface area contributed by atoms with E-state index in [0.29, 0.717) is 5.02 Å². The van der Waals surface area contributed by atoms with E-state index in [4.69, 9.17) is 17.3 Å². The van der Waals surface area contributed by atoms with Crippen LogP contribution >= 0.6 is 38.9 Å². The molecule has 4 nitrogen and oxygen atoms in total. The second-order valence-corrected chi connectivity index (χ2v) is 8.94. The highest BCUT2D eigenvalue weighted by molar-refractivity contribution is 9.11. The fourth-order valence-corrected chi connectivity index (χ4v) is 4.40. The van der Waals surface area contributed by atoms with Gasteiger partial charge in [-0.3, -0.25) is 0 Å². The second kappa shape index (κ2) is 6.03. The van der Waals surface area contributed by atoms with Gasteiger partial charge in [0.05, 0.1) is 9.47 Å². The maximum Gasteiger partial charge on any atom is 0.245 e. The van der Waals surface area contributed by atoms with Gasteiger partial charge in [0.1, 0.15) is 4.90 Å². The first kappa shape index (κ1) is 15.8. The Kier molecular flexibility index (Phi) is 4.76. The van der Waals surface area contributed by atoms with Crippen molar-refractivity contribution in [2.75, 3.05) is 12.8 Å². The number of thiophene rings is 1. The van der Waals surface area contributed by atoms with Gasteiger partial charge in [-0.25, -0.2) is 8.42 Å². The molecular weight excluding hydrogens is 384 g/mol. The fourth-order valence-electron chi connectivity index (χ4n) is 1.67. The third kappa shape index (κ3) is 3.35. The van der Waals surface area contributed by atoms with Crippen LogP contribution in [0.5, 0.6) is 0 Å². The Morgan fingerprint density at radius 2 is 2.10 bits per heavy atom. The zero-order valence-electron chi connectivity index (χ0n) is 10.5. The topological polar surface area (TPSA) is 63.4 Å². The lowest BCUT2D eigenvalue weighted by atomic mass is 10.3. The van der Waals surface area contributed by atoms with Crippen LogP contribution in [0.2, 0.25) is 5.02 Å². The Hall–Kier alpha value is -0.600. The summed E-state index contributed by atoms with van der Waals surface area (Å²) in [6.45, 7) is 0.274. The molecule has 0 spiro atoms. The van der Waals surface area contributed by atoms with Gasteiger partial charge in [-0.1, -0.05) is 11.6 Å². The average molecular weight is 396 g/mol. The van der Waals surface area contributed by atoms with Gasteiger partial charge < -0.3 is 5.73 Å². The number of anilines is 1. The third-order valence-electron chi connectivity index (χ3n) is 2.69. The second-order valence-electron chi connectivity index (χ2n) is 4.20. The van der Waals surface area contributed by atoms with Crippen molar-refractivity contribution in [2.24, 2.45) is 0 Å². The first-order valence-electron chi connectivity index (χ1n) is 5.55. The molecule has 0 saturated carbocycles. The predicted molar refractivity (Wildman–Crippen MR) is 86.5 cm³/mol. The quantitative estimate of drug-likeness (QED) is 0.805. The molecule has 8 heteroatoms. The van der Waals surface area contributed by atoms with Crippen LogP contribution in [0.4, 0.5) is 5.69 Å². The van der Waals surface area contributed by atoms with E-state index in [9.17, 15) is 8.42 Å². The maximum absolute atomic E-state index is 12.5. The Labute approximate surface area is 135 Å². The summed E-state index contributed by atoms with van der Waals surface area (Å²) in [5.41, 5.74) is 6.84. The van der Waals surface area contributed by atoms with Gasteiger partial charge in [0.2, 0.25) is 10.0 Å². The number of hydrogen-bond acceptors (Lipinski definition) is 4. The van der Waals surface area contributed by atoms with Crippen molar-refractivity contribution in [2.45, 2.75) is 11.4 Å². The highest BCUT2D eigenvalue weighted by Gasteiger charge is 2.24. The summed E-state index contributed by atoms with van der Waals surface area (Å²) in [7, 11) is -2.15. The normalized spacial score (nSPS) is 12.0. The number of halogens is 2. The van der Waals surface area contributed by atoms with Gasteiger partial charge in [-0.05, 0) is 51.1 Å². The minimum Gasteiger partial charge on any atom is -0.398 e. The molecule has 0 radical (unpaired) electrons. The largest absolute Gasteiger partial charge is 0.398 e. The molecule has 20 heavy (non-hydrogen) atoms. The first-order valence-corrected chi connectivity index (χ1v) is 9.04. The molecule has 0 bridgehead atoms. The van der Waals surface area contributed by atoms with Crippen LogP contribution < -0.4 is 5.73 Å². The number of nitrogens with zero attached hydrogens (tertiary/aromatic N) is 1. The zero-order valence-corrected chi connectivity index (χ0v) is 14.5. The SMILES string of the molecule is CN(Cc1csc(Br)c1)S(=O)(=O)c1cc(Cl)ccc1N. The molecule has 0 aliphatic heterocycles. The van der Waals surface area contributed by atoms with E-state index in [-0.39, 0.29) is 17.1 Å². The van der Waals surface area contributed by atoms with Crippen molar-refractivity contribution in [1.29, 1.82) is 0 Å². The molecule has 1 heterocycles. The minimum atomic E-state index is -3.67. The number of rotatable bonds is 4. The van der Waals surface area contributed by atoms with E-state index in [0.717, 1.165) is 9.35 Å². The monoisotopic (exact) mass is 394 g/mol. The number of nitrogen functional groups attached to an aromatic ring is 1. The van der Waals surface area contributed by atoms with E-state index >= 15 is 0 Å². The van der Waals surface area contributed by atoms with Crippen LogP contribution in [0.3, 0.4) is 0 Å². The molecule has 0 atom stereocenters. The lowest BCUT2D eigenvalue weighted by Crippen LogP contribution is -2.27. The molecule has 1 aromatic carbocycles. The number of nitrogens with two attached hydrogens (primary N) is 1. The van der Waals surface area contributed by atoms with Crippen molar-refractivity contribution in [1.82, 2.24) is 4.31 Å². The standard InChI is InChI=1S/C12H12BrClN2O2S2/c1-16(6-8-4-12(13)19-7-8)20(17,18)11-5-9(14)2-3-10(11)15/h2-5,7H,6,15H2,1H3. The molecule has 0 aliphatic rings. The molecule has 0 aliphatic carbocycles. The minimum absolute atomic E-state index is 0.0294. The van der Waals surface area contributed by atoms with Crippen molar-refractivity contribution in [3.63, 3.8) is 0 Å². The Morgan fingerprint density at radius 3 is 2.70 bits per heavy atom. The Bertz CT molecular complexity index is 731. The van der Waals surface area contributed by atoms with Gasteiger partial charge >= 0.3 is 0 Å². The van der Waals surface area contributed by atoms with Gasteiger partial charge in [0.15, 0.2) is 0 Å². The molecule has 0 unspecified atom stereocenters. The zero-order chi connectivity index (χ0) is 14.9. The number of hydrogen-bond donors (Lipinski definition) is 1. The van der Waals surface area contributed by atoms with E-state index in [1.807, 2.05) is 11.4 Å². The molecule has 2 aromatic rings. The van der Waals surface area contributed by atoms with E-state index in [1.54, 1.807) is 6.07 Å². The van der Waals surface area contributed by atoms with Crippen molar-refractivity contribution >= 4 is 54.6 Å². The van der Waals surface area contributed by atoms with E-state index < -0.39 is 10.0 Å². The van der Waals surface area contributed by atoms with E-state index in [2.05, 4.69) is 15.9 Å². The Balaban J connectivity index is 2.32. The van der Waals surface area contributed by atoms with Crippen LogP contribution in [-0.2, 0) is 16.6 Å². The van der Waals surface area contributed by atoms with Gasteiger partial charge in [0, 0.05) is 18.6 Å². The summed E-state index contributed by atoms with van der Waals surface area (Å²) in [6.07, 6.45) is 0. The van der Waals surface area contributed by atoms with Crippen molar-refractivity contribution in [3.05, 3.63) is 44.0 Å². The van der Waals surface area contributed by atoms with Gasteiger partial charge in [0.25, 0.3) is 0 Å².